The highest BCUT2D eigenvalue weighted by molar-refractivity contribution is 5.75. The molecule has 2 N–H and O–H groups in total. The summed E-state index contributed by atoms with van der Waals surface area (Å²) in [5, 5.41) is 22.1. The van der Waals surface area contributed by atoms with E-state index in [4.69, 9.17) is 0 Å². The molecule has 3 heterocycles. The minimum atomic E-state index is -0.373. The van der Waals surface area contributed by atoms with E-state index in [1.54, 1.807) is 4.68 Å². The van der Waals surface area contributed by atoms with Crippen LogP contribution in [0.3, 0.4) is 0 Å². The molecule has 0 radical (unpaired) electrons. The van der Waals surface area contributed by atoms with Crippen molar-refractivity contribution in [3.8, 4) is 11.3 Å². The van der Waals surface area contributed by atoms with E-state index in [9.17, 15) is 4.79 Å². The fourth-order valence-electron chi connectivity index (χ4n) is 3.72. The Morgan fingerprint density at radius 1 is 1.03 bits per heavy atom. The molecule has 0 saturated carbocycles. The third-order valence-electron chi connectivity index (χ3n) is 5.23. The van der Waals surface area contributed by atoms with Crippen LogP contribution in [0.15, 0.2) is 59.4 Å². The fraction of sp³-hybridized carbons (Fsp3) is 0.190. The van der Waals surface area contributed by atoms with Crippen molar-refractivity contribution in [2.24, 2.45) is 0 Å². The summed E-state index contributed by atoms with van der Waals surface area (Å²) in [4.78, 5) is 12.6. The highest BCUT2D eigenvalue weighted by Gasteiger charge is 2.34. The maximum Gasteiger partial charge on any atom is 0.288 e. The van der Waals surface area contributed by atoms with Crippen molar-refractivity contribution in [1.82, 2.24) is 30.4 Å². The number of nitrogens with zero attached hydrogens (tertiary/aromatic N) is 5. The zero-order valence-electron chi connectivity index (χ0n) is 16.0. The number of hydrogen-bond donors (Lipinski definition) is 2. The van der Waals surface area contributed by atoms with Gasteiger partial charge in [0.1, 0.15) is 11.7 Å². The van der Waals surface area contributed by atoms with Gasteiger partial charge in [-0.15, -0.1) is 0 Å². The molecule has 5 rings (SSSR count). The van der Waals surface area contributed by atoms with Crippen LogP contribution in [0.1, 0.15) is 42.5 Å². The number of H-pyrrole nitrogens is 1. The Morgan fingerprint density at radius 3 is 2.52 bits per heavy atom. The number of benzene rings is 2. The highest BCUT2D eigenvalue weighted by atomic mass is 16.1. The molecule has 1 aliphatic rings. The zero-order valence-corrected chi connectivity index (χ0v) is 16.0. The van der Waals surface area contributed by atoms with Crippen LogP contribution in [0.5, 0.6) is 0 Å². The van der Waals surface area contributed by atoms with Gasteiger partial charge in [0.15, 0.2) is 0 Å². The summed E-state index contributed by atoms with van der Waals surface area (Å²) in [5.74, 6) is 0.850. The van der Waals surface area contributed by atoms with Gasteiger partial charge in [-0.1, -0.05) is 73.5 Å². The summed E-state index contributed by atoms with van der Waals surface area (Å²) in [6.45, 7) is 4.32. The van der Waals surface area contributed by atoms with E-state index in [0.717, 1.165) is 16.7 Å². The Morgan fingerprint density at radius 2 is 1.79 bits per heavy atom. The maximum atomic E-state index is 12.6. The molecule has 1 atom stereocenters. The number of rotatable bonds is 3. The molecule has 1 aliphatic heterocycles. The topological polar surface area (TPSA) is 101 Å². The highest BCUT2D eigenvalue weighted by Crippen LogP contribution is 2.41. The van der Waals surface area contributed by atoms with Crippen LogP contribution in [0.25, 0.3) is 11.3 Å². The van der Waals surface area contributed by atoms with Gasteiger partial charge < -0.3 is 5.32 Å². The third-order valence-corrected chi connectivity index (χ3v) is 5.23. The molecule has 0 aliphatic carbocycles. The predicted molar refractivity (Wildman–Crippen MR) is 109 cm³/mol. The van der Waals surface area contributed by atoms with Gasteiger partial charge in [-0.2, -0.15) is 9.78 Å². The van der Waals surface area contributed by atoms with Crippen molar-refractivity contribution in [1.29, 1.82) is 0 Å². The van der Waals surface area contributed by atoms with Crippen molar-refractivity contribution in [3.05, 3.63) is 81.6 Å². The fourth-order valence-corrected chi connectivity index (χ4v) is 3.72. The first-order valence-corrected chi connectivity index (χ1v) is 9.46. The Labute approximate surface area is 166 Å². The summed E-state index contributed by atoms with van der Waals surface area (Å²) >= 11 is 0. The third kappa shape index (κ3) is 2.80. The summed E-state index contributed by atoms with van der Waals surface area (Å²) < 4.78 is 1.69. The molecule has 0 fully saturated rings. The van der Waals surface area contributed by atoms with E-state index in [2.05, 4.69) is 69.2 Å². The molecule has 2 aromatic heterocycles. The lowest BCUT2D eigenvalue weighted by Gasteiger charge is -2.28. The van der Waals surface area contributed by atoms with Gasteiger partial charge in [0.25, 0.3) is 5.56 Å². The van der Waals surface area contributed by atoms with Crippen molar-refractivity contribution in [3.63, 3.8) is 0 Å². The Kier molecular flexibility index (Phi) is 3.97. The molecular weight excluding hydrogens is 366 g/mol. The first-order chi connectivity index (χ1) is 14.1. The van der Waals surface area contributed by atoms with Crippen molar-refractivity contribution < 1.29 is 0 Å². The first kappa shape index (κ1) is 17.3. The number of fused-ring (bicyclic) bond motifs is 2. The summed E-state index contributed by atoms with van der Waals surface area (Å²) in [7, 11) is 0. The monoisotopic (exact) mass is 385 g/mol. The van der Waals surface area contributed by atoms with Crippen LogP contribution < -0.4 is 10.9 Å². The van der Waals surface area contributed by atoms with Crippen LogP contribution in [-0.4, -0.2) is 30.4 Å². The van der Waals surface area contributed by atoms with E-state index in [-0.39, 0.29) is 11.6 Å². The van der Waals surface area contributed by atoms with Crippen LogP contribution in [0, 0.1) is 0 Å². The second-order valence-corrected chi connectivity index (χ2v) is 7.35. The summed E-state index contributed by atoms with van der Waals surface area (Å²) in [6, 6.07) is 17.7. The largest absolute Gasteiger partial charge is 0.318 e. The molecule has 8 nitrogen and oxygen atoms in total. The average Bonchev–Trinajstić information content (AvgIpc) is 3.22. The van der Waals surface area contributed by atoms with Gasteiger partial charge in [0.2, 0.25) is 5.95 Å². The van der Waals surface area contributed by atoms with Crippen LogP contribution in [0.4, 0.5) is 11.6 Å². The molecule has 8 heteroatoms. The molecule has 0 saturated heterocycles. The molecule has 0 bridgehead atoms. The lowest BCUT2D eigenvalue weighted by atomic mass is 9.91. The number of aromatic amines is 1. The molecule has 1 unspecified atom stereocenters. The number of tetrazole rings is 1. The molecule has 4 aromatic rings. The molecular formula is C21H19N7O. The summed E-state index contributed by atoms with van der Waals surface area (Å²) in [5.41, 5.74) is 4.67. The Hall–Kier alpha value is -3.81. The van der Waals surface area contributed by atoms with E-state index in [1.807, 2.05) is 30.3 Å². The van der Waals surface area contributed by atoms with Crippen molar-refractivity contribution >= 4 is 11.6 Å². The van der Waals surface area contributed by atoms with Crippen LogP contribution >= 0.6 is 0 Å². The number of hydrogen-bond acceptors (Lipinski definition) is 6. The Balaban J connectivity index is 1.77. The van der Waals surface area contributed by atoms with Crippen molar-refractivity contribution in [2.45, 2.75) is 25.8 Å². The van der Waals surface area contributed by atoms with Crippen LogP contribution in [-0.2, 0) is 0 Å². The molecule has 0 spiro atoms. The standard InChI is InChI=1S/C21H19N7O/c1-12(2)13-8-10-15(11-9-13)19-16-17(14-6-4-3-5-7-14)23-24-20(29)18(16)22-21-25-26-27-28(19)21/h3-12,19H,1-2H3,(H,24,29)(H,22,25,27). The van der Waals surface area contributed by atoms with Gasteiger partial charge >= 0.3 is 0 Å². The molecule has 0 amide bonds. The number of nitrogens with one attached hydrogen (secondary N) is 2. The zero-order chi connectivity index (χ0) is 20.0. The lowest BCUT2D eigenvalue weighted by molar-refractivity contribution is 0.567. The minimum Gasteiger partial charge on any atom is -0.318 e. The minimum absolute atomic E-state index is 0.308. The van der Waals surface area contributed by atoms with E-state index >= 15 is 0 Å². The smallest absolute Gasteiger partial charge is 0.288 e. The average molecular weight is 385 g/mol. The normalized spacial score (nSPS) is 14.9. The van der Waals surface area contributed by atoms with E-state index in [0.29, 0.717) is 23.2 Å². The van der Waals surface area contributed by atoms with Gasteiger partial charge in [0.05, 0.1) is 5.69 Å². The molecule has 144 valence electrons. The first-order valence-electron chi connectivity index (χ1n) is 9.46. The van der Waals surface area contributed by atoms with Gasteiger partial charge in [-0.25, -0.2) is 5.10 Å². The van der Waals surface area contributed by atoms with Gasteiger partial charge in [0, 0.05) is 11.1 Å². The predicted octanol–water partition coefficient (Wildman–Crippen LogP) is 3.24. The second-order valence-electron chi connectivity index (χ2n) is 7.35. The number of anilines is 2. The van der Waals surface area contributed by atoms with Crippen molar-refractivity contribution in [2.75, 3.05) is 5.32 Å². The molecule has 29 heavy (non-hydrogen) atoms. The lowest BCUT2D eigenvalue weighted by Crippen LogP contribution is -2.29. The van der Waals surface area contributed by atoms with E-state index < -0.39 is 0 Å². The maximum absolute atomic E-state index is 12.6. The summed E-state index contributed by atoms with van der Waals surface area (Å²) in [6.07, 6.45) is 0. The number of aromatic nitrogens is 6. The molecule has 2 aromatic carbocycles. The second kappa shape index (κ2) is 6.66. The Bertz CT molecular complexity index is 1230. The van der Waals surface area contributed by atoms with Gasteiger partial charge in [-0.05, 0) is 27.5 Å². The SMILES string of the molecule is CC(C)c1ccc(C2c3c(-c4ccccc4)n[nH]c(=O)c3Nc3nnnn32)cc1. The van der Waals surface area contributed by atoms with Gasteiger partial charge in [-0.3, -0.25) is 4.79 Å². The quantitative estimate of drug-likeness (QED) is 0.494. The van der Waals surface area contributed by atoms with Crippen LogP contribution in [0.2, 0.25) is 0 Å². The van der Waals surface area contributed by atoms with E-state index in [1.165, 1.54) is 5.56 Å².